The Kier molecular flexibility index (Phi) is 6.40. The molecule has 0 amide bonds. The molecule has 0 saturated heterocycles. The van der Waals surface area contributed by atoms with Gasteiger partial charge >= 0.3 is 6.08 Å². The molecule has 2 aromatic carbocycles. The highest BCUT2D eigenvalue weighted by Crippen LogP contribution is 2.30. The first-order chi connectivity index (χ1) is 14.6. The highest BCUT2D eigenvalue weighted by molar-refractivity contribution is 7.90. The predicted octanol–water partition coefficient (Wildman–Crippen LogP) is 4.59. The molecule has 0 saturated carbocycles. The van der Waals surface area contributed by atoms with Crippen LogP contribution in [-0.4, -0.2) is 24.5 Å². The average molecular weight is 452 g/mol. The maximum Gasteiger partial charge on any atom is 0.301 e. The van der Waals surface area contributed by atoms with Crippen molar-refractivity contribution in [2.75, 3.05) is 6.26 Å². The number of benzene rings is 2. The molecule has 5 nitrogen and oxygen atoms in total. The lowest BCUT2D eigenvalue weighted by atomic mass is 9.97. The van der Waals surface area contributed by atoms with Gasteiger partial charge in [-0.1, -0.05) is 24.3 Å². The smallest absolute Gasteiger partial charge is 0.267 e. The minimum absolute atomic E-state index is 0.0800. The first kappa shape index (κ1) is 22.4. The standard InChI is InChI=1S/C21H16F4N2O3S/c1-31(29,30)16-8-4-13(5-9-16)17-12-26-27(11-10-18(23)20(24)25)21(28)19(17)14-2-6-15(22)7-3-14/h2-9,12H,10-11H2,1H3. The minimum Gasteiger partial charge on any atom is -0.267 e. The minimum atomic E-state index is -3.43. The van der Waals surface area contributed by atoms with Gasteiger partial charge in [0.1, 0.15) is 5.82 Å². The van der Waals surface area contributed by atoms with Crippen LogP contribution in [0.1, 0.15) is 6.42 Å². The number of sulfone groups is 1. The molecule has 0 radical (unpaired) electrons. The molecule has 0 fully saturated rings. The Labute approximate surface area is 175 Å². The van der Waals surface area contributed by atoms with Crippen LogP contribution in [0.2, 0.25) is 0 Å². The molecule has 0 spiro atoms. The zero-order valence-corrected chi connectivity index (χ0v) is 17.0. The van der Waals surface area contributed by atoms with Crippen LogP contribution >= 0.6 is 0 Å². The van der Waals surface area contributed by atoms with E-state index in [0.717, 1.165) is 23.1 Å². The number of halogens is 4. The second kappa shape index (κ2) is 8.84. The van der Waals surface area contributed by atoms with Crippen LogP contribution in [0.25, 0.3) is 22.3 Å². The van der Waals surface area contributed by atoms with Crippen LogP contribution in [0.3, 0.4) is 0 Å². The Morgan fingerprint density at radius 1 is 0.968 bits per heavy atom. The van der Waals surface area contributed by atoms with E-state index in [1.54, 1.807) is 0 Å². The molecule has 1 aromatic heterocycles. The van der Waals surface area contributed by atoms with Crippen molar-refractivity contribution >= 4 is 9.84 Å². The van der Waals surface area contributed by atoms with Gasteiger partial charge in [-0.15, -0.1) is 0 Å². The van der Waals surface area contributed by atoms with Crippen LogP contribution in [0.4, 0.5) is 17.6 Å². The normalized spacial score (nSPS) is 11.4. The largest absolute Gasteiger partial charge is 0.301 e. The third-order valence-electron chi connectivity index (χ3n) is 4.52. The predicted molar refractivity (Wildman–Crippen MR) is 107 cm³/mol. The van der Waals surface area contributed by atoms with Gasteiger partial charge in [-0.05, 0) is 35.4 Å². The summed E-state index contributed by atoms with van der Waals surface area (Å²) in [7, 11) is -3.43. The molecule has 0 bridgehead atoms. The molecule has 0 atom stereocenters. The molecule has 0 N–H and O–H groups in total. The van der Waals surface area contributed by atoms with E-state index in [1.165, 1.54) is 42.6 Å². The molecule has 31 heavy (non-hydrogen) atoms. The number of hydrogen-bond donors (Lipinski definition) is 0. The first-order valence-corrected chi connectivity index (χ1v) is 10.8. The highest BCUT2D eigenvalue weighted by atomic mass is 32.2. The van der Waals surface area contributed by atoms with Gasteiger partial charge in [0.25, 0.3) is 5.56 Å². The van der Waals surface area contributed by atoms with Crippen molar-refractivity contribution in [3.63, 3.8) is 0 Å². The van der Waals surface area contributed by atoms with Crippen LogP contribution in [-0.2, 0) is 16.4 Å². The van der Waals surface area contributed by atoms with E-state index in [1.807, 2.05) is 0 Å². The van der Waals surface area contributed by atoms with Gasteiger partial charge in [0.15, 0.2) is 15.7 Å². The van der Waals surface area contributed by atoms with E-state index in [4.69, 9.17) is 0 Å². The second-order valence-electron chi connectivity index (χ2n) is 6.68. The summed E-state index contributed by atoms with van der Waals surface area (Å²) in [5.41, 5.74) is 0.512. The van der Waals surface area contributed by atoms with Gasteiger partial charge < -0.3 is 0 Å². The van der Waals surface area contributed by atoms with Gasteiger partial charge in [-0.25, -0.2) is 21.9 Å². The number of allylic oxidation sites excluding steroid dienone is 1. The summed E-state index contributed by atoms with van der Waals surface area (Å²) in [6.07, 6.45) is -0.833. The fourth-order valence-electron chi connectivity index (χ4n) is 2.94. The SMILES string of the molecule is CS(=O)(=O)c1ccc(-c2cnn(CCC(F)=C(F)F)c(=O)c2-c2ccc(F)cc2)cc1. The summed E-state index contributed by atoms with van der Waals surface area (Å²) in [5, 5.41) is 3.94. The fraction of sp³-hybridized carbons (Fsp3) is 0.143. The van der Waals surface area contributed by atoms with E-state index in [-0.39, 0.29) is 10.5 Å². The lowest BCUT2D eigenvalue weighted by molar-refractivity contribution is 0.363. The Balaban J connectivity index is 2.15. The lowest BCUT2D eigenvalue weighted by Gasteiger charge is -2.13. The van der Waals surface area contributed by atoms with Gasteiger partial charge in [0, 0.05) is 18.2 Å². The van der Waals surface area contributed by atoms with Crippen LogP contribution in [0.15, 0.2) is 76.3 Å². The van der Waals surface area contributed by atoms with Gasteiger partial charge in [-0.2, -0.15) is 13.9 Å². The zero-order valence-electron chi connectivity index (χ0n) is 16.1. The van der Waals surface area contributed by atoms with Crippen LogP contribution in [0, 0.1) is 5.82 Å². The second-order valence-corrected chi connectivity index (χ2v) is 8.70. The summed E-state index contributed by atoms with van der Waals surface area (Å²) in [5.74, 6) is -2.17. The van der Waals surface area contributed by atoms with Crippen molar-refractivity contribution in [2.45, 2.75) is 17.9 Å². The first-order valence-electron chi connectivity index (χ1n) is 8.94. The number of nitrogens with zero attached hydrogens (tertiary/aromatic N) is 2. The molecular weight excluding hydrogens is 436 g/mol. The highest BCUT2D eigenvalue weighted by Gasteiger charge is 2.17. The van der Waals surface area contributed by atoms with Crippen LogP contribution in [0.5, 0.6) is 0 Å². The summed E-state index contributed by atoms with van der Waals surface area (Å²) < 4.78 is 75.4. The van der Waals surface area contributed by atoms with Crippen LogP contribution < -0.4 is 5.56 Å². The fourth-order valence-corrected chi connectivity index (χ4v) is 3.57. The molecule has 3 aromatic rings. The molecule has 3 rings (SSSR count). The van der Waals surface area contributed by atoms with Gasteiger partial charge in [0.2, 0.25) is 0 Å². The summed E-state index contributed by atoms with van der Waals surface area (Å²) in [6.45, 7) is -0.427. The van der Waals surface area contributed by atoms with E-state index in [9.17, 15) is 30.8 Å². The van der Waals surface area contributed by atoms with Crippen molar-refractivity contribution < 1.29 is 26.0 Å². The summed E-state index contributed by atoms with van der Waals surface area (Å²) in [6, 6.07) is 10.8. The zero-order chi connectivity index (χ0) is 22.8. The molecule has 0 aliphatic carbocycles. The van der Waals surface area contributed by atoms with E-state index in [2.05, 4.69) is 5.10 Å². The summed E-state index contributed by atoms with van der Waals surface area (Å²) in [4.78, 5) is 13.1. The van der Waals surface area contributed by atoms with Crippen molar-refractivity contribution in [3.05, 3.63) is 82.8 Å². The molecule has 1 heterocycles. The average Bonchev–Trinajstić information content (AvgIpc) is 2.72. The monoisotopic (exact) mass is 452 g/mol. The lowest BCUT2D eigenvalue weighted by Crippen LogP contribution is -2.25. The Hall–Kier alpha value is -3.27. The quantitative estimate of drug-likeness (QED) is 0.513. The maximum atomic E-state index is 13.4. The van der Waals surface area contributed by atoms with E-state index >= 15 is 0 Å². The number of aryl methyl sites for hydroxylation is 1. The number of rotatable bonds is 6. The Morgan fingerprint density at radius 3 is 2.10 bits per heavy atom. The van der Waals surface area contributed by atoms with E-state index < -0.39 is 46.1 Å². The van der Waals surface area contributed by atoms with Crippen molar-refractivity contribution in [1.82, 2.24) is 9.78 Å². The third-order valence-corrected chi connectivity index (χ3v) is 5.65. The molecule has 0 unspecified atom stereocenters. The summed E-state index contributed by atoms with van der Waals surface area (Å²) >= 11 is 0. The van der Waals surface area contributed by atoms with Gasteiger partial charge in [-0.3, -0.25) is 4.79 Å². The molecule has 0 aliphatic rings. The molecular formula is C21H16F4N2O3S. The third kappa shape index (κ3) is 5.08. The molecule has 162 valence electrons. The van der Waals surface area contributed by atoms with Gasteiger partial charge in [0.05, 0.1) is 23.2 Å². The Bertz CT molecular complexity index is 1300. The number of aromatic nitrogens is 2. The maximum absolute atomic E-state index is 13.4. The molecule has 10 heteroatoms. The Morgan fingerprint density at radius 2 is 1.55 bits per heavy atom. The van der Waals surface area contributed by atoms with Crippen molar-refractivity contribution in [2.24, 2.45) is 0 Å². The van der Waals surface area contributed by atoms with E-state index in [0.29, 0.717) is 16.7 Å². The number of hydrogen-bond acceptors (Lipinski definition) is 4. The van der Waals surface area contributed by atoms with Crippen molar-refractivity contribution in [1.29, 1.82) is 0 Å². The molecule has 0 aliphatic heterocycles. The van der Waals surface area contributed by atoms with Crippen molar-refractivity contribution in [3.8, 4) is 22.3 Å². The topological polar surface area (TPSA) is 69.0 Å².